The van der Waals surface area contributed by atoms with E-state index in [2.05, 4.69) is 10.2 Å². The van der Waals surface area contributed by atoms with Crippen LogP contribution in [0, 0.1) is 0 Å². The second-order valence-corrected chi connectivity index (χ2v) is 6.65. The second kappa shape index (κ2) is 8.29. The van der Waals surface area contributed by atoms with Crippen molar-refractivity contribution in [2.75, 3.05) is 45.8 Å². The zero-order chi connectivity index (χ0) is 16.8. The molecule has 2 rings (SSSR count). The number of piperazine rings is 1. The third-order valence-corrected chi connectivity index (χ3v) is 4.29. The van der Waals surface area contributed by atoms with Crippen LogP contribution in [0.5, 0.6) is 0 Å². The number of carbonyl (C=O) groups is 3. The molecule has 2 heterocycles. The largest absolute Gasteiger partial charge is 0.353 e. The lowest BCUT2D eigenvalue weighted by molar-refractivity contribution is -0.143. The molecule has 7 nitrogen and oxygen atoms in total. The molecule has 0 bridgehead atoms. The van der Waals surface area contributed by atoms with E-state index in [1.165, 1.54) is 0 Å². The summed E-state index contributed by atoms with van der Waals surface area (Å²) in [5.41, 5.74) is 0. The molecule has 0 aliphatic carbocycles. The molecular weight excluding hydrogens is 296 g/mol. The molecule has 1 N–H and O–H groups in total. The standard InChI is InChI=1S/C16H28N4O3/c1-13(2)17-14(21)11-18-7-9-19(10-8-18)16(23)12-20-6-4-3-5-15(20)22/h13H,3-12H2,1-2H3,(H,17,21). The van der Waals surface area contributed by atoms with Gasteiger partial charge in [0.1, 0.15) is 0 Å². The highest BCUT2D eigenvalue weighted by atomic mass is 16.2. The maximum Gasteiger partial charge on any atom is 0.242 e. The second-order valence-electron chi connectivity index (χ2n) is 6.65. The first-order valence-corrected chi connectivity index (χ1v) is 8.53. The minimum atomic E-state index is 0.0199. The van der Waals surface area contributed by atoms with Crippen LogP contribution >= 0.6 is 0 Å². The van der Waals surface area contributed by atoms with Crippen LogP contribution in [0.4, 0.5) is 0 Å². The van der Waals surface area contributed by atoms with Crippen LogP contribution in [0.2, 0.25) is 0 Å². The fraction of sp³-hybridized carbons (Fsp3) is 0.812. The van der Waals surface area contributed by atoms with E-state index in [-0.39, 0.29) is 30.3 Å². The summed E-state index contributed by atoms with van der Waals surface area (Å²) >= 11 is 0. The van der Waals surface area contributed by atoms with Crippen LogP contribution < -0.4 is 5.32 Å². The van der Waals surface area contributed by atoms with Crippen LogP contribution in [-0.2, 0) is 14.4 Å². The average molecular weight is 324 g/mol. The highest BCUT2D eigenvalue weighted by Crippen LogP contribution is 2.11. The number of carbonyl (C=O) groups excluding carboxylic acids is 3. The number of piperidine rings is 1. The summed E-state index contributed by atoms with van der Waals surface area (Å²) < 4.78 is 0. The molecule has 0 unspecified atom stereocenters. The van der Waals surface area contributed by atoms with Gasteiger partial charge in [-0.25, -0.2) is 0 Å². The van der Waals surface area contributed by atoms with E-state index in [0.717, 1.165) is 12.8 Å². The van der Waals surface area contributed by atoms with E-state index < -0.39 is 0 Å². The molecule has 0 atom stereocenters. The molecular formula is C16H28N4O3. The zero-order valence-corrected chi connectivity index (χ0v) is 14.2. The van der Waals surface area contributed by atoms with E-state index in [0.29, 0.717) is 45.7 Å². The molecule has 0 aromatic heterocycles. The van der Waals surface area contributed by atoms with Gasteiger partial charge in [-0.1, -0.05) is 0 Å². The van der Waals surface area contributed by atoms with Gasteiger partial charge in [0.15, 0.2) is 0 Å². The lowest BCUT2D eigenvalue weighted by Gasteiger charge is -2.36. The van der Waals surface area contributed by atoms with E-state index in [4.69, 9.17) is 0 Å². The summed E-state index contributed by atoms with van der Waals surface area (Å²) in [5, 5.41) is 2.88. The molecule has 2 fully saturated rings. The summed E-state index contributed by atoms with van der Waals surface area (Å²) in [6.07, 6.45) is 2.48. The summed E-state index contributed by atoms with van der Waals surface area (Å²) in [7, 11) is 0. The molecule has 0 saturated carbocycles. The first kappa shape index (κ1) is 17.7. The highest BCUT2D eigenvalue weighted by molar-refractivity contribution is 5.85. The molecule has 3 amide bonds. The van der Waals surface area contributed by atoms with Gasteiger partial charge in [-0.2, -0.15) is 0 Å². The first-order valence-electron chi connectivity index (χ1n) is 8.53. The summed E-state index contributed by atoms with van der Waals surface area (Å²) in [6, 6.07) is 0.146. The predicted molar refractivity (Wildman–Crippen MR) is 86.7 cm³/mol. The molecule has 2 saturated heterocycles. The monoisotopic (exact) mass is 324 g/mol. The molecule has 130 valence electrons. The predicted octanol–water partition coefficient (Wildman–Crippen LogP) is -0.332. The number of nitrogens with one attached hydrogen (secondary N) is 1. The van der Waals surface area contributed by atoms with Gasteiger partial charge < -0.3 is 15.1 Å². The Bertz CT molecular complexity index is 445. The van der Waals surface area contributed by atoms with Crippen molar-refractivity contribution >= 4 is 17.7 Å². The minimum absolute atomic E-state index is 0.0199. The third kappa shape index (κ3) is 5.49. The number of hydrogen-bond acceptors (Lipinski definition) is 4. The molecule has 23 heavy (non-hydrogen) atoms. The zero-order valence-electron chi connectivity index (χ0n) is 14.2. The normalized spacial score (nSPS) is 20.0. The minimum Gasteiger partial charge on any atom is -0.353 e. The summed E-state index contributed by atoms with van der Waals surface area (Å²) in [6.45, 7) is 7.80. The van der Waals surface area contributed by atoms with Gasteiger partial charge in [0.05, 0.1) is 13.1 Å². The van der Waals surface area contributed by atoms with E-state index in [1.54, 1.807) is 9.80 Å². The smallest absolute Gasteiger partial charge is 0.242 e. The summed E-state index contributed by atoms with van der Waals surface area (Å²) in [4.78, 5) is 41.4. The van der Waals surface area contributed by atoms with E-state index in [9.17, 15) is 14.4 Å². The van der Waals surface area contributed by atoms with Crippen LogP contribution in [0.15, 0.2) is 0 Å². The Morgan fingerprint density at radius 1 is 1.04 bits per heavy atom. The van der Waals surface area contributed by atoms with Crippen molar-refractivity contribution in [3.63, 3.8) is 0 Å². The SMILES string of the molecule is CC(C)NC(=O)CN1CCN(C(=O)CN2CCCCC2=O)CC1. The molecule has 0 spiro atoms. The number of nitrogens with zero attached hydrogens (tertiary/aromatic N) is 3. The molecule has 0 radical (unpaired) electrons. The Kier molecular flexibility index (Phi) is 6.38. The number of amides is 3. The molecule has 2 aliphatic heterocycles. The van der Waals surface area contributed by atoms with Crippen molar-refractivity contribution in [1.82, 2.24) is 20.0 Å². The van der Waals surface area contributed by atoms with Gasteiger partial charge in [0, 0.05) is 45.2 Å². The number of rotatable bonds is 5. The fourth-order valence-corrected chi connectivity index (χ4v) is 3.02. The van der Waals surface area contributed by atoms with Crippen LogP contribution in [-0.4, -0.2) is 84.3 Å². The number of hydrogen-bond donors (Lipinski definition) is 1. The van der Waals surface area contributed by atoms with Gasteiger partial charge in [0.25, 0.3) is 0 Å². The quantitative estimate of drug-likeness (QED) is 0.751. The Balaban J connectivity index is 1.72. The Hall–Kier alpha value is -1.63. The molecule has 0 aromatic rings. The first-order chi connectivity index (χ1) is 11.0. The van der Waals surface area contributed by atoms with Crippen molar-refractivity contribution in [2.45, 2.75) is 39.2 Å². The molecule has 2 aliphatic rings. The maximum atomic E-state index is 12.3. The van der Waals surface area contributed by atoms with Crippen molar-refractivity contribution in [1.29, 1.82) is 0 Å². The number of likely N-dealkylation sites (tertiary alicyclic amines) is 1. The molecule has 7 heteroatoms. The van der Waals surface area contributed by atoms with E-state index in [1.807, 2.05) is 13.8 Å². The van der Waals surface area contributed by atoms with Crippen molar-refractivity contribution in [2.24, 2.45) is 0 Å². The van der Waals surface area contributed by atoms with Crippen LogP contribution in [0.25, 0.3) is 0 Å². The van der Waals surface area contributed by atoms with E-state index >= 15 is 0 Å². The summed E-state index contributed by atoms with van der Waals surface area (Å²) in [5.74, 6) is 0.138. The Labute approximate surface area is 138 Å². The Morgan fingerprint density at radius 3 is 2.35 bits per heavy atom. The van der Waals surface area contributed by atoms with Crippen molar-refractivity contribution < 1.29 is 14.4 Å². The lowest BCUT2D eigenvalue weighted by Crippen LogP contribution is -2.54. The van der Waals surface area contributed by atoms with Gasteiger partial charge in [-0.05, 0) is 26.7 Å². The van der Waals surface area contributed by atoms with Gasteiger partial charge in [0.2, 0.25) is 17.7 Å². The lowest BCUT2D eigenvalue weighted by atomic mass is 10.1. The third-order valence-electron chi connectivity index (χ3n) is 4.29. The fourth-order valence-electron chi connectivity index (χ4n) is 3.02. The topological polar surface area (TPSA) is 73.0 Å². The van der Waals surface area contributed by atoms with Gasteiger partial charge in [-0.3, -0.25) is 19.3 Å². The average Bonchev–Trinajstić information content (AvgIpc) is 2.49. The van der Waals surface area contributed by atoms with Crippen LogP contribution in [0.1, 0.15) is 33.1 Å². The maximum absolute atomic E-state index is 12.3. The van der Waals surface area contributed by atoms with Gasteiger partial charge >= 0.3 is 0 Å². The van der Waals surface area contributed by atoms with Crippen molar-refractivity contribution in [3.8, 4) is 0 Å². The Morgan fingerprint density at radius 2 is 1.74 bits per heavy atom. The van der Waals surface area contributed by atoms with Crippen molar-refractivity contribution in [3.05, 3.63) is 0 Å². The van der Waals surface area contributed by atoms with Crippen LogP contribution in [0.3, 0.4) is 0 Å². The van der Waals surface area contributed by atoms with Gasteiger partial charge in [-0.15, -0.1) is 0 Å². The highest BCUT2D eigenvalue weighted by Gasteiger charge is 2.26. The molecule has 0 aromatic carbocycles.